The van der Waals surface area contributed by atoms with Crippen LogP contribution < -0.4 is 0 Å². The fraction of sp³-hybridized carbons (Fsp3) is 0.188. The molecule has 2 aromatic rings. The molecule has 126 valence electrons. The van der Waals surface area contributed by atoms with E-state index in [1.807, 2.05) is 0 Å². The highest BCUT2D eigenvalue weighted by Crippen LogP contribution is 2.39. The van der Waals surface area contributed by atoms with Gasteiger partial charge in [0, 0.05) is 24.6 Å². The van der Waals surface area contributed by atoms with Gasteiger partial charge in [0.2, 0.25) is 0 Å². The maximum absolute atomic E-state index is 13.2. The van der Waals surface area contributed by atoms with Crippen LogP contribution in [-0.4, -0.2) is 10.9 Å². The molecule has 0 aliphatic heterocycles. The average Bonchev–Trinajstić information content (AvgIpc) is 2.51. The van der Waals surface area contributed by atoms with Crippen molar-refractivity contribution < 1.29 is 27.6 Å². The number of alkyl halides is 3. The summed E-state index contributed by atoms with van der Waals surface area (Å²) in [6, 6.07) is 8.31. The van der Waals surface area contributed by atoms with Crippen molar-refractivity contribution in [3.63, 3.8) is 0 Å². The minimum absolute atomic E-state index is 0.120. The Hall–Kier alpha value is -2.90. The van der Waals surface area contributed by atoms with Crippen LogP contribution in [0, 0.1) is 10.1 Å². The first-order valence-corrected chi connectivity index (χ1v) is 6.77. The molecule has 0 aliphatic carbocycles. The van der Waals surface area contributed by atoms with Crippen molar-refractivity contribution >= 4 is 11.7 Å². The molecule has 5 nitrogen and oxygen atoms in total. The zero-order valence-corrected chi connectivity index (χ0v) is 12.5. The molecule has 0 bridgehead atoms. The van der Waals surface area contributed by atoms with E-state index in [0.29, 0.717) is 0 Å². The van der Waals surface area contributed by atoms with Gasteiger partial charge in [-0.15, -0.1) is 0 Å². The SMILES string of the molecule is CC(=O)OCc1cc([N+](=O)[O-])ccc1-c1ccccc1C(F)(F)F. The summed E-state index contributed by atoms with van der Waals surface area (Å²) in [6.07, 6.45) is -4.59. The summed E-state index contributed by atoms with van der Waals surface area (Å²) in [5.41, 5.74) is -1.07. The number of hydrogen-bond acceptors (Lipinski definition) is 4. The van der Waals surface area contributed by atoms with E-state index in [1.165, 1.54) is 24.3 Å². The van der Waals surface area contributed by atoms with Gasteiger partial charge < -0.3 is 4.74 Å². The Bertz CT molecular complexity index is 787. The summed E-state index contributed by atoms with van der Waals surface area (Å²) >= 11 is 0. The first kappa shape index (κ1) is 17.5. The fourth-order valence-corrected chi connectivity index (χ4v) is 2.22. The average molecular weight is 339 g/mol. The van der Waals surface area contributed by atoms with Crippen molar-refractivity contribution in [1.29, 1.82) is 0 Å². The third kappa shape index (κ3) is 3.89. The number of carbonyl (C=O) groups is 1. The number of benzene rings is 2. The highest BCUT2D eigenvalue weighted by molar-refractivity contribution is 5.73. The number of ether oxygens (including phenoxy) is 1. The minimum Gasteiger partial charge on any atom is -0.461 e. The topological polar surface area (TPSA) is 69.4 Å². The molecule has 8 heteroatoms. The molecule has 0 fully saturated rings. The van der Waals surface area contributed by atoms with Crippen molar-refractivity contribution in [3.05, 3.63) is 63.7 Å². The molecule has 0 N–H and O–H groups in total. The standard InChI is InChI=1S/C16H12F3NO4/c1-10(21)24-9-11-8-12(20(22)23)6-7-13(11)14-4-2-3-5-15(14)16(17,18)19/h2-8H,9H2,1H3. The summed E-state index contributed by atoms with van der Waals surface area (Å²) in [5.74, 6) is -0.642. The van der Waals surface area contributed by atoms with E-state index < -0.39 is 22.6 Å². The molecule has 24 heavy (non-hydrogen) atoms. The van der Waals surface area contributed by atoms with E-state index in [9.17, 15) is 28.1 Å². The van der Waals surface area contributed by atoms with Crippen molar-refractivity contribution in [2.75, 3.05) is 0 Å². The summed E-state index contributed by atoms with van der Waals surface area (Å²) in [5, 5.41) is 10.9. The maximum Gasteiger partial charge on any atom is 0.417 e. The molecule has 0 amide bonds. The smallest absolute Gasteiger partial charge is 0.417 e. The predicted octanol–water partition coefficient (Wildman–Crippen LogP) is 4.34. The molecular formula is C16H12F3NO4. The maximum atomic E-state index is 13.2. The number of nitro benzene ring substituents is 1. The summed E-state index contributed by atoms with van der Waals surface area (Å²) in [4.78, 5) is 21.2. The highest BCUT2D eigenvalue weighted by Gasteiger charge is 2.34. The third-order valence-corrected chi connectivity index (χ3v) is 3.25. The Morgan fingerprint density at radius 1 is 1.17 bits per heavy atom. The number of carbonyl (C=O) groups excluding carboxylic acids is 1. The zero-order valence-electron chi connectivity index (χ0n) is 12.5. The van der Waals surface area contributed by atoms with Crippen molar-refractivity contribution in [1.82, 2.24) is 0 Å². The molecule has 2 aromatic carbocycles. The van der Waals surface area contributed by atoms with Gasteiger partial charge in [-0.3, -0.25) is 14.9 Å². The van der Waals surface area contributed by atoms with Crippen LogP contribution in [0.2, 0.25) is 0 Å². The lowest BCUT2D eigenvalue weighted by Gasteiger charge is -2.15. The van der Waals surface area contributed by atoms with Gasteiger partial charge in [0.25, 0.3) is 5.69 Å². The fourth-order valence-electron chi connectivity index (χ4n) is 2.22. The van der Waals surface area contributed by atoms with E-state index in [0.717, 1.165) is 25.1 Å². The molecule has 0 aliphatic rings. The second kappa shape index (κ2) is 6.69. The lowest BCUT2D eigenvalue weighted by atomic mass is 9.95. The molecule has 0 heterocycles. The van der Waals surface area contributed by atoms with Crippen LogP contribution >= 0.6 is 0 Å². The highest BCUT2D eigenvalue weighted by atomic mass is 19.4. The van der Waals surface area contributed by atoms with Gasteiger partial charge in [-0.05, 0) is 23.3 Å². The Kier molecular flexibility index (Phi) is 4.87. The van der Waals surface area contributed by atoms with E-state index in [4.69, 9.17) is 4.74 Å². The Morgan fingerprint density at radius 3 is 2.42 bits per heavy atom. The summed E-state index contributed by atoms with van der Waals surface area (Å²) in [6.45, 7) is 0.777. The van der Waals surface area contributed by atoms with E-state index >= 15 is 0 Å². The number of nitrogens with zero attached hydrogens (tertiary/aromatic N) is 1. The molecule has 0 saturated heterocycles. The third-order valence-electron chi connectivity index (χ3n) is 3.25. The van der Waals surface area contributed by atoms with Crippen LogP contribution in [-0.2, 0) is 22.3 Å². The van der Waals surface area contributed by atoms with Gasteiger partial charge >= 0.3 is 12.1 Å². The Labute approximate surface area is 134 Å². The number of non-ortho nitro benzene ring substituents is 1. The van der Waals surface area contributed by atoms with Crippen LogP contribution in [0.25, 0.3) is 11.1 Å². The predicted molar refractivity (Wildman–Crippen MR) is 79.0 cm³/mol. The van der Waals surface area contributed by atoms with Gasteiger partial charge in [-0.1, -0.05) is 18.2 Å². The monoisotopic (exact) mass is 339 g/mol. The van der Waals surface area contributed by atoms with Gasteiger partial charge in [0.1, 0.15) is 6.61 Å². The molecule has 2 rings (SSSR count). The zero-order chi connectivity index (χ0) is 17.9. The molecule has 0 saturated carbocycles. The van der Waals surface area contributed by atoms with Crippen molar-refractivity contribution in [2.24, 2.45) is 0 Å². The van der Waals surface area contributed by atoms with Crippen LogP contribution in [0.1, 0.15) is 18.1 Å². The van der Waals surface area contributed by atoms with E-state index in [1.54, 1.807) is 0 Å². The van der Waals surface area contributed by atoms with Crippen LogP contribution in [0.4, 0.5) is 18.9 Å². The summed E-state index contributed by atoms with van der Waals surface area (Å²) in [7, 11) is 0. The van der Waals surface area contributed by atoms with Gasteiger partial charge in [-0.25, -0.2) is 0 Å². The normalized spacial score (nSPS) is 11.2. The van der Waals surface area contributed by atoms with Crippen molar-refractivity contribution in [3.8, 4) is 11.1 Å². The van der Waals surface area contributed by atoms with Crippen LogP contribution in [0.3, 0.4) is 0 Å². The van der Waals surface area contributed by atoms with Crippen LogP contribution in [0.5, 0.6) is 0 Å². The second-order valence-corrected chi connectivity index (χ2v) is 4.92. The lowest BCUT2D eigenvalue weighted by molar-refractivity contribution is -0.384. The lowest BCUT2D eigenvalue weighted by Crippen LogP contribution is -2.08. The second-order valence-electron chi connectivity index (χ2n) is 4.92. The quantitative estimate of drug-likeness (QED) is 0.472. The van der Waals surface area contributed by atoms with Gasteiger partial charge in [0.05, 0.1) is 10.5 Å². The number of esters is 1. The molecule has 0 radical (unpaired) electrons. The number of rotatable bonds is 4. The van der Waals surface area contributed by atoms with Gasteiger partial charge in [-0.2, -0.15) is 13.2 Å². The number of nitro groups is 1. The molecule has 0 atom stereocenters. The molecule has 0 spiro atoms. The Balaban J connectivity index is 2.61. The molecule has 0 unspecified atom stereocenters. The van der Waals surface area contributed by atoms with Gasteiger partial charge in [0.15, 0.2) is 0 Å². The molecular weight excluding hydrogens is 327 g/mol. The summed E-state index contributed by atoms with van der Waals surface area (Å²) < 4.78 is 44.4. The van der Waals surface area contributed by atoms with E-state index in [-0.39, 0.29) is 29.0 Å². The Morgan fingerprint density at radius 2 is 1.83 bits per heavy atom. The largest absolute Gasteiger partial charge is 0.461 e. The first-order valence-electron chi connectivity index (χ1n) is 6.77. The van der Waals surface area contributed by atoms with Crippen molar-refractivity contribution in [2.45, 2.75) is 19.7 Å². The molecule has 0 aromatic heterocycles. The van der Waals surface area contributed by atoms with E-state index in [2.05, 4.69) is 0 Å². The number of hydrogen-bond donors (Lipinski definition) is 0. The minimum atomic E-state index is -4.59. The van der Waals surface area contributed by atoms with Crippen LogP contribution in [0.15, 0.2) is 42.5 Å². The number of halogens is 3. The first-order chi connectivity index (χ1) is 11.2.